The normalized spacial score (nSPS) is 13.1. The molecule has 0 atom stereocenters. The minimum Gasteiger partial charge on any atom is -0.467 e. The summed E-state index contributed by atoms with van der Waals surface area (Å²) in [5.74, 6) is 0.238. The van der Waals surface area contributed by atoms with Gasteiger partial charge in [0.2, 0.25) is 0 Å². The summed E-state index contributed by atoms with van der Waals surface area (Å²) in [7, 11) is 0. The molecule has 0 spiro atoms. The standard InChI is InChI=1S/C18H13BrN2O6/c19-13-1-2-15-10(3-13)6-16(27-15)18(22)20-7-11-4-14(21(23)24)5-12-8-25-9-26-17(11)12/h1-6H,7-9H2,(H,20,22). The van der Waals surface area contributed by atoms with Crippen molar-refractivity contribution >= 4 is 38.5 Å². The lowest BCUT2D eigenvalue weighted by atomic mass is 10.1. The highest BCUT2D eigenvalue weighted by Crippen LogP contribution is 2.32. The van der Waals surface area contributed by atoms with Crippen LogP contribution in [0.1, 0.15) is 21.7 Å². The van der Waals surface area contributed by atoms with Crippen molar-refractivity contribution in [3.8, 4) is 5.75 Å². The Labute approximate surface area is 161 Å². The number of furan rings is 1. The van der Waals surface area contributed by atoms with Gasteiger partial charge in [0.25, 0.3) is 11.6 Å². The van der Waals surface area contributed by atoms with E-state index in [2.05, 4.69) is 21.2 Å². The topological polar surface area (TPSA) is 104 Å². The maximum absolute atomic E-state index is 12.4. The van der Waals surface area contributed by atoms with Gasteiger partial charge in [-0.2, -0.15) is 0 Å². The number of hydrogen-bond donors (Lipinski definition) is 1. The van der Waals surface area contributed by atoms with Gasteiger partial charge in [0.05, 0.1) is 11.5 Å². The summed E-state index contributed by atoms with van der Waals surface area (Å²) in [5, 5.41) is 14.7. The van der Waals surface area contributed by atoms with Gasteiger partial charge in [-0.25, -0.2) is 0 Å². The molecule has 0 aliphatic carbocycles. The van der Waals surface area contributed by atoms with Crippen molar-refractivity contribution in [2.24, 2.45) is 0 Å². The van der Waals surface area contributed by atoms with Crippen molar-refractivity contribution in [1.29, 1.82) is 0 Å². The Morgan fingerprint density at radius 2 is 2.11 bits per heavy atom. The highest BCUT2D eigenvalue weighted by Gasteiger charge is 2.22. The van der Waals surface area contributed by atoms with Gasteiger partial charge in [0, 0.05) is 39.7 Å². The van der Waals surface area contributed by atoms with Crippen LogP contribution in [0.15, 0.2) is 45.3 Å². The van der Waals surface area contributed by atoms with Crippen molar-refractivity contribution in [1.82, 2.24) is 5.32 Å². The van der Waals surface area contributed by atoms with Gasteiger partial charge >= 0.3 is 0 Å². The summed E-state index contributed by atoms with van der Waals surface area (Å²) >= 11 is 3.37. The molecule has 0 saturated carbocycles. The summed E-state index contributed by atoms with van der Waals surface area (Å²) in [4.78, 5) is 23.1. The number of fused-ring (bicyclic) bond motifs is 2. The van der Waals surface area contributed by atoms with E-state index in [4.69, 9.17) is 13.9 Å². The number of nitro benzene ring substituents is 1. The van der Waals surface area contributed by atoms with Crippen molar-refractivity contribution < 1.29 is 23.6 Å². The molecule has 0 radical (unpaired) electrons. The molecule has 1 amide bonds. The predicted octanol–water partition coefficient (Wildman–Crippen LogP) is 3.90. The zero-order valence-electron chi connectivity index (χ0n) is 13.9. The van der Waals surface area contributed by atoms with Gasteiger partial charge in [-0.1, -0.05) is 15.9 Å². The van der Waals surface area contributed by atoms with Crippen LogP contribution in [0.2, 0.25) is 0 Å². The molecule has 9 heteroatoms. The zero-order valence-corrected chi connectivity index (χ0v) is 15.4. The van der Waals surface area contributed by atoms with E-state index in [0.29, 0.717) is 22.5 Å². The molecule has 3 aromatic rings. The van der Waals surface area contributed by atoms with Gasteiger partial charge in [-0.05, 0) is 24.3 Å². The van der Waals surface area contributed by atoms with Crippen LogP contribution in [0.5, 0.6) is 5.75 Å². The van der Waals surface area contributed by atoms with Gasteiger partial charge in [0.15, 0.2) is 12.6 Å². The number of carbonyl (C=O) groups excluding carboxylic acids is 1. The largest absolute Gasteiger partial charge is 0.467 e. The first-order valence-electron chi connectivity index (χ1n) is 7.99. The van der Waals surface area contributed by atoms with E-state index in [1.54, 1.807) is 12.1 Å². The Bertz CT molecular complexity index is 1060. The number of ether oxygens (including phenoxy) is 2. The fourth-order valence-electron chi connectivity index (χ4n) is 2.91. The predicted molar refractivity (Wildman–Crippen MR) is 98.5 cm³/mol. The molecule has 1 aromatic heterocycles. The van der Waals surface area contributed by atoms with Crippen molar-refractivity contribution in [2.75, 3.05) is 6.79 Å². The number of rotatable bonds is 4. The third-order valence-electron chi connectivity index (χ3n) is 4.12. The number of non-ortho nitro benzene ring substituents is 1. The van der Waals surface area contributed by atoms with E-state index >= 15 is 0 Å². The van der Waals surface area contributed by atoms with Gasteiger partial charge in [-0.15, -0.1) is 0 Å². The van der Waals surface area contributed by atoms with Gasteiger partial charge in [-0.3, -0.25) is 14.9 Å². The highest BCUT2D eigenvalue weighted by atomic mass is 79.9. The number of amides is 1. The molecular formula is C18H13BrN2O6. The van der Waals surface area contributed by atoms with Crippen LogP contribution in [-0.2, 0) is 17.9 Å². The van der Waals surface area contributed by atoms with E-state index in [-0.39, 0.29) is 31.4 Å². The molecule has 1 N–H and O–H groups in total. The molecule has 1 aliphatic rings. The van der Waals surface area contributed by atoms with E-state index in [1.807, 2.05) is 12.1 Å². The molecule has 1 aliphatic heterocycles. The first-order chi connectivity index (χ1) is 13.0. The molecule has 0 unspecified atom stereocenters. The number of benzene rings is 2. The quantitative estimate of drug-likeness (QED) is 0.495. The lowest BCUT2D eigenvalue weighted by molar-refractivity contribution is -0.385. The minimum absolute atomic E-state index is 0.0591. The Balaban J connectivity index is 1.57. The lowest BCUT2D eigenvalue weighted by Crippen LogP contribution is -2.24. The van der Waals surface area contributed by atoms with Crippen molar-refractivity contribution in [3.63, 3.8) is 0 Å². The Morgan fingerprint density at radius 3 is 2.93 bits per heavy atom. The number of nitrogens with one attached hydrogen (secondary N) is 1. The summed E-state index contributed by atoms with van der Waals surface area (Å²) < 4.78 is 17.1. The molecule has 0 bridgehead atoms. The summed E-state index contributed by atoms with van der Waals surface area (Å²) in [6, 6.07) is 9.88. The molecule has 8 nitrogen and oxygen atoms in total. The van der Waals surface area contributed by atoms with E-state index in [1.165, 1.54) is 12.1 Å². The Morgan fingerprint density at radius 1 is 1.26 bits per heavy atom. The first-order valence-corrected chi connectivity index (χ1v) is 8.78. The Hall–Kier alpha value is -2.91. The summed E-state index contributed by atoms with van der Waals surface area (Å²) in [5.41, 5.74) is 1.60. The van der Waals surface area contributed by atoms with Gasteiger partial charge < -0.3 is 19.2 Å². The molecule has 2 aromatic carbocycles. The monoisotopic (exact) mass is 432 g/mol. The number of nitrogens with zero attached hydrogens (tertiary/aromatic N) is 1. The summed E-state index contributed by atoms with van der Waals surface area (Å²) in [6.45, 7) is 0.338. The average Bonchev–Trinajstić information content (AvgIpc) is 3.08. The lowest BCUT2D eigenvalue weighted by Gasteiger charge is -2.20. The van der Waals surface area contributed by atoms with E-state index < -0.39 is 10.8 Å². The van der Waals surface area contributed by atoms with Crippen molar-refractivity contribution in [2.45, 2.75) is 13.2 Å². The smallest absolute Gasteiger partial charge is 0.287 e. The molecule has 0 saturated heterocycles. The van der Waals surface area contributed by atoms with E-state index in [0.717, 1.165) is 9.86 Å². The second-order valence-electron chi connectivity index (χ2n) is 5.94. The van der Waals surface area contributed by atoms with Crippen LogP contribution in [0.4, 0.5) is 5.69 Å². The third kappa shape index (κ3) is 3.51. The SMILES string of the molecule is O=C(NCc1cc([N+](=O)[O-])cc2c1OCOC2)c1cc2cc(Br)ccc2o1. The van der Waals surface area contributed by atoms with Crippen LogP contribution < -0.4 is 10.1 Å². The summed E-state index contributed by atoms with van der Waals surface area (Å²) in [6.07, 6.45) is 0. The van der Waals surface area contributed by atoms with E-state index in [9.17, 15) is 14.9 Å². The number of carbonyl (C=O) groups is 1. The average molecular weight is 433 g/mol. The fraction of sp³-hybridized carbons (Fsp3) is 0.167. The minimum atomic E-state index is -0.489. The third-order valence-corrected chi connectivity index (χ3v) is 4.62. The van der Waals surface area contributed by atoms with Gasteiger partial charge in [0.1, 0.15) is 11.3 Å². The molecule has 27 heavy (non-hydrogen) atoms. The van der Waals surface area contributed by atoms with Crippen LogP contribution >= 0.6 is 15.9 Å². The molecule has 138 valence electrons. The number of nitro groups is 1. The second kappa shape index (κ2) is 7.01. The number of hydrogen-bond acceptors (Lipinski definition) is 6. The Kier molecular flexibility index (Phi) is 4.54. The second-order valence-corrected chi connectivity index (χ2v) is 6.85. The van der Waals surface area contributed by atoms with Crippen molar-refractivity contribution in [3.05, 3.63) is 67.9 Å². The number of halogens is 1. The fourth-order valence-corrected chi connectivity index (χ4v) is 3.29. The van der Waals surface area contributed by atoms with Crippen LogP contribution in [0.3, 0.4) is 0 Å². The first kappa shape index (κ1) is 17.5. The maximum atomic E-state index is 12.4. The zero-order chi connectivity index (χ0) is 19.0. The van der Waals surface area contributed by atoms with Crippen LogP contribution in [0, 0.1) is 10.1 Å². The maximum Gasteiger partial charge on any atom is 0.287 e. The molecule has 0 fully saturated rings. The molecule has 4 rings (SSSR count). The molecular weight excluding hydrogens is 420 g/mol. The van der Waals surface area contributed by atoms with Crippen LogP contribution in [-0.4, -0.2) is 17.6 Å². The highest BCUT2D eigenvalue weighted by molar-refractivity contribution is 9.10. The molecule has 2 heterocycles. The van der Waals surface area contributed by atoms with Crippen LogP contribution in [0.25, 0.3) is 11.0 Å².